The molecule has 0 heterocycles. The highest BCUT2D eigenvalue weighted by molar-refractivity contribution is 9.10. The smallest absolute Gasteiger partial charge is 0.274 e. The second-order valence-electron chi connectivity index (χ2n) is 2.90. The lowest BCUT2D eigenvalue weighted by Gasteiger charge is -2.15. The molecule has 78 valence electrons. The molecule has 0 spiro atoms. The molecule has 0 aromatic heterocycles. The van der Waals surface area contributed by atoms with Crippen LogP contribution in [0.3, 0.4) is 0 Å². The molecule has 1 nitrogen and oxygen atoms in total. The third kappa shape index (κ3) is 2.72. The zero-order valence-electron chi connectivity index (χ0n) is 7.24. The fourth-order valence-electron chi connectivity index (χ4n) is 1.09. The Labute approximate surface area is 88.2 Å². The van der Waals surface area contributed by atoms with Gasteiger partial charge < -0.3 is 5.73 Å². The van der Waals surface area contributed by atoms with Crippen LogP contribution >= 0.6 is 15.9 Å². The maximum atomic E-state index is 13.2. The predicted octanol–water partition coefficient (Wildman–Crippen LogP) is 3.03. The van der Waals surface area contributed by atoms with Crippen molar-refractivity contribution in [1.82, 2.24) is 0 Å². The van der Waals surface area contributed by atoms with Crippen molar-refractivity contribution in [3.8, 4) is 0 Å². The van der Waals surface area contributed by atoms with Gasteiger partial charge in [0.2, 0.25) is 0 Å². The summed E-state index contributed by atoms with van der Waals surface area (Å²) in [4.78, 5) is 0. The molecule has 0 aliphatic carbocycles. The normalized spacial score (nSPS) is 11.8. The SMILES string of the molecule is NCCC(F)(F)c1cc(F)cc(Br)c1. The first kappa shape index (κ1) is 11.5. The number of rotatable bonds is 3. The molecular weight excluding hydrogens is 259 g/mol. The van der Waals surface area contributed by atoms with Gasteiger partial charge in [0.1, 0.15) is 5.82 Å². The number of benzene rings is 1. The van der Waals surface area contributed by atoms with Crippen molar-refractivity contribution in [2.24, 2.45) is 5.73 Å². The van der Waals surface area contributed by atoms with Crippen molar-refractivity contribution in [2.45, 2.75) is 12.3 Å². The Morgan fingerprint density at radius 3 is 2.43 bits per heavy atom. The second kappa shape index (κ2) is 4.31. The zero-order chi connectivity index (χ0) is 10.8. The van der Waals surface area contributed by atoms with Crippen molar-refractivity contribution in [1.29, 1.82) is 0 Å². The Morgan fingerprint density at radius 2 is 1.93 bits per heavy atom. The van der Waals surface area contributed by atoms with E-state index in [-0.39, 0.29) is 12.1 Å². The molecule has 0 atom stereocenters. The largest absolute Gasteiger partial charge is 0.330 e. The molecule has 0 bridgehead atoms. The van der Waals surface area contributed by atoms with Crippen LogP contribution in [-0.4, -0.2) is 6.54 Å². The van der Waals surface area contributed by atoms with Crippen molar-refractivity contribution in [3.63, 3.8) is 0 Å². The van der Waals surface area contributed by atoms with E-state index in [9.17, 15) is 13.2 Å². The summed E-state index contributed by atoms with van der Waals surface area (Å²) in [7, 11) is 0. The van der Waals surface area contributed by atoms with Crippen LogP contribution in [0.15, 0.2) is 22.7 Å². The molecule has 0 aliphatic heterocycles. The highest BCUT2D eigenvalue weighted by Crippen LogP contribution is 2.33. The van der Waals surface area contributed by atoms with E-state index in [1.165, 1.54) is 6.07 Å². The third-order valence-electron chi connectivity index (χ3n) is 1.74. The summed E-state index contributed by atoms with van der Waals surface area (Å²) in [5, 5.41) is 0. The molecule has 0 radical (unpaired) electrons. The number of nitrogens with two attached hydrogens (primary N) is 1. The van der Waals surface area contributed by atoms with Crippen LogP contribution in [0.5, 0.6) is 0 Å². The van der Waals surface area contributed by atoms with E-state index < -0.39 is 18.2 Å². The Hall–Kier alpha value is -0.550. The maximum Gasteiger partial charge on any atom is 0.274 e. The minimum Gasteiger partial charge on any atom is -0.330 e. The number of hydrogen-bond donors (Lipinski definition) is 1. The summed E-state index contributed by atoms with van der Waals surface area (Å²) in [6, 6.07) is 3.14. The first-order valence-corrected chi connectivity index (χ1v) is 4.79. The van der Waals surface area contributed by atoms with Gasteiger partial charge in [0.15, 0.2) is 0 Å². The summed E-state index contributed by atoms with van der Waals surface area (Å²) < 4.78 is 39.6. The molecule has 1 aromatic carbocycles. The molecule has 1 aromatic rings. The summed E-state index contributed by atoms with van der Waals surface area (Å²) >= 11 is 2.95. The second-order valence-corrected chi connectivity index (χ2v) is 3.82. The van der Waals surface area contributed by atoms with Gasteiger partial charge in [-0.15, -0.1) is 0 Å². The number of halogens is 4. The van der Waals surface area contributed by atoms with Gasteiger partial charge in [-0.05, 0) is 24.7 Å². The van der Waals surface area contributed by atoms with Gasteiger partial charge in [-0.2, -0.15) is 0 Å². The first-order valence-electron chi connectivity index (χ1n) is 4.00. The maximum absolute atomic E-state index is 13.2. The average Bonchev–Trinajstić information content (AvgIpc) is 2.02. The summed E-state index contributed by atoms with van der Waals surface area (Å²) in [5.41, 5.74) is 4.69. The number of hydrogen-bond acceptors (Lipinski definition) is 1. The molecule has 14 heavy (non-hydrogen) atoms. The van der Waals surface area contributed by atoms with Gasteiger partial charge in [-0.1, -0.05) is 15.9 Å². The lowest BCUT2D eigenvalue weighted by atomic mass is 10.1. The van der Waals surface area contributed by atoms with E-state index >= 15 is 0 Å². The van der Waals surface area contributed by atoms with Crippen molar-refractivity contribution in [2.75, 3.05) is 6.54 Å². The molecular formula is C9H9BrF3N. The van der Waals surface area contributed by atoms with Crippen molar-refractivity contribution < 1.29 is 13.2 Å². The summed E-state index contributed by atoms with van der Waals surface area (Å²) in [6.45, 7) is -0.138. The third-order valence-corrected chi connectivity index (χ3v) is 2.20. The quantitative estimate of drug-likeness (QED) is 0.895. The van der Waals surface area contributed by atoms with Crippen LogP contribution < -0.4 is 5.73 Å². The van der Waals surface area contributed by atoms with Gasteiger partial charge in [0, 0.05) is 16.5 Å². The Balaban J connectivity index is 3.05. The molecule has 0 unspecified atom stereocenters. The van der Waals surface area contributed by atoms with E-state index in [2.05, 4.69) is 15.9 Å². The van der Waals surface area contributed by atoms with E-state index in [1.807, 2.05) is 0 Å². The fourth-order valence-corrected chi connectivity index (χ4v) is 1.56. The van der Waals surface area contributed by atoms with Crippen LogP contribution in [0.1, 0.15) is 12.0 Å². The predicted molar refractivity (Wildman–Crippen MR) is 51.7 cm³/mol. The first-order chi connectivity index (χ1) is 6.45. The Morgan fingerprint density at radius 1 is 1.29 bits per heavy atom. The summed E-state index contributed by atoms with van der Waals surface area (Å²) in [6.07, 6.45) is -0.483. The minimum atomic E-state index is -3.07. The van der Waals surface area contributed by atoms with Crippen LogP contribution in [-0.2, 0) is 5.92 Å². The summed E-state index contributed by atoms with van der Waals surface area (Å²) in [5.74, 6) is -3.76. The molecule has 0 fully saturated rings. The lowest BCUT2D eigenvalue weighted by molar-refractivity contribution is -0.0110. The van der Waals surface area contributed by atoms with Gasteiger partial charge >= 0.3 is 0 Å². The molecule has 0 amide bonds. The minimum absolute atomic E-state index is 0.138. The van der Waals surface area contributed by atoms with E-state index in [4.69, 9.17) is 5.73 Å². The van der Waals surface area contributed by atoms with E-state index in [1.54, 1.807) is 0 Å². The Bertz CT molecular complexity index is 308. The molecule has 0 saturated heterocycles. The fraction of sp³-hybridized carbons (Fsp3) is 0.333. The lowest BCUT2D eigenvalue weighted by Crippen LogP contribution is -2.18. The molecule has 0 saturated carbocycles. The van der Waals surface area contributed by atoms with Gasteiger partial charge in [-0.3, -0.25) is 0 Å². The van der Waals surface area contributed by atoms with E-state index in [0.29, 0.717) is 4.47 Å². The zero-order valence-corrected chi connectivity index (χ0v) is 8.82. The van der Waals surface area contributed by atoms with Crippen molar-refractivity contribution in [3.05, 3.63) is 34.1 Å². The topological polar surface area (TPSA) is 26.0 Å². The van der Waals surface area contributed by atoms with E-state index in [0.717, 1.165) is 12.1 Å². The average molecular weight is 268 g/mol. The van der Waals surface area contributed by atoms with Crippen LogP contribution in [0, 0.1) is 5.82 Å². The standard InChI is InChI=1S/C9H9BrF3N/c10-7-3-6(4-8(11)5-7)9(12,13)1-2-14/h3-5H,1-2,14H2. The van der Waals surface area contributed by atoms with Crippen LogP contribution in [0.4, 0.5) is 13.2 Å². The van der Waals surface area contributed by atoms with Gasteiger partial charge in [0.25, 0.3) is 5.92 Å². The molecule has 5 heteroatoms. The van der Waals surface area contributed by atoms with Gasteiger partial charge in [-0.25, -0.2) is 13.2 Å². The Kier molecular flexibility index (Phi) is 3.55. The highest BCUT2D eigenvalue weighted by Gasteiger charge is 2.31. The molecule has 0 aliphatic rings. The van der Waals surface area contributed by atoms with Crippen molar-refractivity contribution >= 4 is 15.9 Å². The van der Waals surface area contributed by atoms with Crippen LogP contribution in [0.2, 0.25) is 0 Å². The van der Waals surface area contributed by atoms with Crippen LogP contribution in [0.25, 0.3) is 0 Å². The number of alkyl halides is 2. The molecule has 2 N–H and O–H groups in total. The highest BCUT2D eigenvalue weighted by atomic mass is 79.9. The monoisotopic (exact) mass is 267 g/mol. The van der Waals surface area contributed by atoms with Gasteiger partial charge in [0.05, 0.1) is 0 Å². The molecule has 1 rings (SSSR count).